The summed E-state index contributed by atoms with van der Waals surface area (Å²) >= 11 is 0. The molecule has 0 radical (unpaired) electrons. The van der Waals surface area contributed by atoms with E-state index in [1.54, 1.807) is 24.1 Å². The Balaban J connectivity index is 1.66. The van der Waals surface area contributed by atoms with Gasteiger partial charge >= 0.3 is 12.0 Å². The largest absolute Gasteiger partial charge is 0.478 e. The molecule has 2 aromatic carbocycles. The third-order valence-corrected chi connectivity index (χ3v) is 3.93. The molecule has 0 saturated carbocycles. The Labute approximate surface area is 158 Å². The van der Waals surface area contributed by atoms with Gasteiger partial charge in [0.05, 0.1) is 5.56 Å². The first-order chi connectivity index (χ1) is 13.0. The van der Waals surface area contributed by atoms with Gasteiger partial charge in [0, 0.05) is 33.1 Å². The van der Waals surface area contributed by atoms with Crippen LogP contribution >= 0.6 is 0 Å². The summed E-state index contributed by atoms with van der Waals surface area (Å²) in [7, 11) is 1.70. The number of rotatable bonds is 8. The third-order valence-electron chi connectivity index (χ3n) is 3.93. The summed E-state index contributed by atoms with van der Waals surface area (Å²) in [6.07, 6.45) is 0.165. The van der Waals surface area contributed by atoms with Crippen molar-refractivity contribution in [3.05, 3.63) is 71.3 Å². The number of carbonyl (C=O) groups excluding carboxylic acids is 2. The number of aromatic carboxylic acids is 1. The van der Waals surface area contributed by atoms with Gasteiger partial charge in [-0.1, -0.05) is 42.5 Å². The number of urea groups is 1. The Kier molecular flexibility index (Phi) is 7.37. The minimum absolute atomic E-state index is 0.165. The highest BCUT2D eigenvalue weighted by atomic mass is 16.4. The molecular formula is C20H23N3O4. The molecule has 27 heavy (non-hydrogen) atoms. The lowest BCUT2D eigenvalue weighted by Gasteiger charge is -2.18. The van der Waals surface area contributed by atoms with Crippen molar-refractivity contribution >= 4 is 17.9 Å². The summed E-state index contributed by atoms with van der Waals surface area (Å²) in [5.41, 5.74) is 2.04. The van der Waals surface area contributed by atoms with Gasteiger partial charge in [-0.2, -0.15) is 0 Å². The second-order valence-electron chi connectivity index (χ2n) is 6.10. The smallest absolute Gasteiger partial charge is 0.335 e. The summed E-state index contributed by atoms with van der Waals surface area (Å²) in [5, 5.41) is 14.3. The zero-order valence-corrected chi connectivity index (χ0v) is 15.1. The predicted molar refractivity (Wildman–Crippen MR) is 101 cm³/mol. The Morgan fingerprint density at radius 3 is 2.22 bits per heavy atom. The van der Waals surface area contributed by atoms with E-state index in [0.29, 0.717) is 13.1 Å². The first kappa shape index (κ1) is 20.0. The lowest BCUT2D eigenvalue weighted by molar-refractivity contribution is -0.121. The molecule has 0 aliphatic heterocycles. The molecule has 0 atom stereocenters. The average Bonchev–Trinajstić information content (AvgIpc) is 2.67. The molecule has 7 nitrogen and oxygen atoms in total. The fraction of sp³-hybridized carbons (Fsp3) is 0.250. The van der Waals surface area contributed by atoms with Crippen LogP contribution in [0.2, 0.25) is 0 Å². The molecule has 0 aliphatic rings. The number of carboxylic acid groups (broad SMARTS) is 1. The topological polar surface area (TPSA) is 98.7 Å². The van der Waals surface area contributed by atoms with Crippen LogP contribution in [0, 0.1) is 0 Å². The standard InChI is InChI=1S/C20H23N3O4/c1-23(14-16-5-3-2-4-6-16)20(27)21-12-11-18(24)22-13-15-7-9-17(10-8-15)19(25)26/h2-10H,11-14H2,1H3,(H,21,27)(H,22,24)(H,25,26). The van der Waals surface area contributed by atoms with Crippen LogP contribution in [0.15, 0.2) is 54.6 Å². The number of hydrogen-bond acceptors (Lipinski definition) is 3. The van der Waals surface area contributed by atoms with Crippen LogP contribution in [0.25, 0.3) is 0 Å². The van der Waals surface area contributed by atoms with E-state index in [9.17, 15) is 14.4 Å². The molecule has 0 heterocycles. The molecule has 0 aliphatic carbocycles. The molecule has 7 heteroatoms. The molecule has 0 spiro atoms. The highest BCUT2D eigenvalue weighted by molar-refractivity contribution is 5.87. The van der Waals surface area contributed by atoms with Crippen molar-refractivity contribution in [1.29, 1.82) is 0 Å². The van der Waals surface area contributed by atoms with Crippen molar-refractivity contribution in [2.75, 3.05) is 13.6 Å². The van der Waals surface area contributed by atoms with Gasteiger partial charge in [0.2, 0.25) is 5.91 Å². The molecule has 142 valence electrons. The number of nitrogens with zero attached hydrogens (tertiary/aromatic N) is 1. The van der Waals surface area contributed by atoms with E-state index in [1.165, 1.54) is 12.1 Å². The minimum Gasteiger partial charge on any atom is -0.478 e. The molecule has 0 unspecified atom stereocenters. The maximum absolute atomic E-state index is 12.0. The average molecular weight is 369 g/mol. The molecule has 2 aromatic rings. The molecule has 0 aromatic heterocycles. The lowest BCUT2D eigenvalue weighted by atomic mass is 10.1. The fourth-order valence-corrected chi connectivity index (χ4v) is 2.40. The SMILES string of the molecule is CN(Cc1ccccc1)C(=O)NCCC(=O)NCc1ccc(C(=O)O)cc1. The second kappa shape index (κ2) is 9.96. The summed E-state index contributed by atoms with van der Waals surface area (Å²) in [6, 6.07) is 15.7. The zero-order valence-electron chi connectivity index (χ0n) is 15.1. The van der Waals surface area contributed by atoms with Gasteiger partial charge in [-0.15, -0.1) is 0 Å². The maximum atomic E-state index is 12.0. The summed E-state index contributed by atoms with van der Waals surface area (Å²) in [5.74, 6) is -1.18. The van der Waals surface area contributed by atoms with E-state index in [1.807, 2.05) is 30.3 Å². The summed E-state index contributed by atoms with van der Waals surface area (Å²) in [6.45, 7) is 1.04. The monoisotopic (exact) mass is 369 g/mol. The van der Waals surface area contributed by atoms with E-state index < -0.39 is 5.97 Å². The summed E-state index contributed by atoms with van der Waals surface area (Å²) < 4.78 is 0. The Morgan fingerprint density at radius 2 is 1.59 bits per heavy atom. The molecular weight excluding hydrogens is 346 g/mol. The van der Waals surface area contributed by atoms with Gasteiger partial charge in [-0.05, 0) is 23.3 Å². The molecule has 3 N–H and O–H groups in total. The highest BCUT2D eigenvalue weighted by Crippen LogP contribution is 2.04. The van der Waals surface area contributed by atoms with Gasteiger partial charge in [0.25, 0.3) is 0 Å². The minimum atomic E-state index is -0.987. The van der Waals surface area contributed by atoms with Crippen molar-refractivity contribution in [3.63, 3.8) is 0 Å². The van der Waals surface area contributed by atoms with Crippen LogP contribution in [0.4, 0.5) is 4.79 Å². The molecule has 2 rings (SSSR count). The number of nitrogens with one attached hydrogen (secondary N) is 2. The van der Waals surface area contributed by atoms with Crippen molar-refractivity contribution in [3.8, 4) is 0 Å². The van der Waals surface area contributed by atoms with Crippen molar-refractivity contribution in [2.45, 2.75) is 19.5 Å². The Hall–Kier alpha value is -3.35. The normalized spacial score (nSPS) is 10.1. The van der Waals surface area contributed by atoms with Crippen molar-refractivity contribution in [1.82, 2.24) is 15.5 Å². The van der Waals surface area contributed by atoms with Crippen molar-refractivity contribution in [2.24, 2.45) is 0 Å². The van der Waals surface area contributed by atoms with E-state index in [0.717, 1.165) is 11.1 Å². The first-order valence-corrected chi connectivity index (χ1v) is 8.57. The fourth-order valence-electron chi connectivity index (χ4n) is 2.40. The predicted octanol–water partition coefficient (Wildman–Crippen LogP) is 2.23. The van der Waals surface area contributed by atoms with Gasteiger partial charge in [-0.3, -0.25) is 4.79 Å². The van der Waals surface area contributed by atoms with Crippen molar-refractivity contribution < 1.29 is 19.5 Å². The number of benzene rings is 2. The highest BCUT2D eigenvalue weighted by Gasteiger charge is 2.09. The summed E-state index contributed by atoms with van der Waals surface area (Å²) in [4.78, 5) is 36.2. The zero-order chi connectivity index (χ0) is 19.6. The Morgan fingerprint density at radius 1 is 0.926 bits per heavy atom. The quantitative estimate of drug-likeness (QED) is 0.664. The first-order valence-electron chi connectivity index (χ1n) is 8.57. The van der Waals surface area contributed by atoms with Crippen LogP contribution in [-0.4, -0.2) is 41.5 Å². The molecule has 3 amide bonds. The van der Waals surface area contributed by atoms with E-state index in [2.05, 4.69) is 10.6 Å². The van der Waals surface area contributed by atoms with Crippen LogP contribution in [0.5, 0.6) is 0 Å². The van der Waals surface area contributed by atoms with Crippen LogP contribution in [0.1, 0.15) is 27.9 Å². The van der Waals surface area contributed by atoms with Gasteiger partial charge < -0.3 is 20.6 Å². The van der Waals surface area contributed by atoms with Crippen LogP contribution in [-0.2, 0) is 17.9 Å². The van der Waals surface area contributed by atoms with Gasteiger partial charge in [-0.25, -0.2) is 9.59 Å². The number of hydrogen-bond donors (Lipinski definition) is 3. The van der Waals surface area contributed by atoms with E-state index in [4.69, 9.17) is 5.11 Å². The molecule has 0 fully saturated rings. The van der Waals surface area contributed by atoms with Crippen LogP contribution < -0.4 is 10.6 Å². The van der Waals surface area contributed by atoms with E-state index >= 15 is 0 Å². The molecule has 0 bridgehead atoms. The third kappa shape index (κ3) is 6.81. The maximum Gasteiger partial charge on any atom is 0.335 e. The number of carboxylic acids is 1. The lowest BCUT2D eigenvalue weighted by Crippen LogP contribution is -2.38. The Bertz CT molecular complexity index is 776. The van der Waals surface area contributed by atoms with E-state index in [-0.39, 0.29) is 30.5 Å². The van der Waals surface area contributed by atoms with Crippen LogP contribution in [0.3, 0.4) is 0 Å². The number of amides is 3. The van der Waals surface area contributed by atoms with Gasteiger partial charge in [0.15, 0.2) is 0 Å². The van der Waals surface area contributed by atoms with Gasteiger partial charge in [0.1, 0.15) is 0 Å². The molecule has 0 saturated heterocycles. The number of carbonyl (C=O) groups is 3. The second-order valence-corrected chi connectivity index (χ2v) is 6.10.